The van der Waals surface area contributed by atoms with Crippen LogP contribution in [0.15, 0.2) is 56.8 Å². The van der Waals surface area contributed by atoms with Crippen molar-refractivity contribution in [1.29, 1.82) is 5.26 Å². The van der Waals surface area contributed by atoms with E-state index in [-0.39, 0.29) is 23.3 Å². The Labute approximate surface area is 187 Å². The maximum absolute atomic E-state index is 12.3. The SMILES string of the molecule is COc1cc(C=NNc2nc(-c3ccccc3)c(C#N)c(=O)[nH]2)cc(Br)c1OC(C)C. The van der Waals surface area contributed by atoms with Crippen molar-refractivity contribution in [2.45, 2.75) is 20.0 Å². The molecule has 3 rings (SSSR count). The number of ether oxygens (including phenoxy) is 2. The average molecular weight is 482 g/mol. The Kier molecular flexibility index (Phi) is 7.05. The third-order valence-electron chi connectivity index (χ3n) is 4.07. The second kappa shape index (κ2) is 9.91. The quantitative estimate of drug-likeness (QED) is 0.383. The predicted octanol–water partition coefficient (Wildman–Crippen LogP) is 4.31. The van der Waals surface area contributed by atoms with E-state index in [1.807, 2.05) is 44.2 Å². The van der Waals surface area contributed by atoms with Crippen LogP contribution in [0.4, 0.5) is 5.95 Å². The highest BCUT2D eigenvalue weighted by atomic mass is 79.9. The number of nitrogens with zero attached hydrogens (tertiary/aromatic N) is 3. The number of benzene rings is 2. The molecule has 0 radical (unpaired) electrons. The highest BCUT2D eigenvalue weighted by Crippen LogP contribution is 2.37. The van der Waals surface area contributed by atoms with E-state index in [0.717, 1.165) is 10.0 Å². The molecule has 0 fully saturated rings. The maximum atomic E-state index is 12.3. The molecule has 9 heteroatoms. The Morgan fingerprint density at radius 1 is 1.29 bits per heavy atom. The van der Waals surface area contributed by atoms with Crippen LogP contribution in [0.2, 0.25) is 0 Å². The van der Waals surface area contributed by atoms with E-state index in [0.29, 0.717) is 17.1 Å². The van der Waals surface area contributed by atoms with Crippen LogP contribution in [0.25, 0.3) is 11.3 Å². The van der Waals surface area contributed by atoms with Crippen molar-refractivity contribution in [1.82, 2.24) is 9.97 Å². The summed E-state index contributed by atoms with van der Waals surface area (Å²) in [7, 11) is 1.56. The first-order valence-electron chi connectivity index (χ1n) is 9.36. The average Bonchev–Trinajstić information content (AvgIpc) is 2.75. The fraction of sp³-hybridized carbons (Fsp3) is 0.182. The van der Waals surface area contributed by atoms with Crippen LogP contribution in [-0.4, -0.2) is 29.4 Å². The molecule has 1 aromatic heterocycles. The van der Waals surface area contributed by atoms with Crippen molar-refractivity contribution in [2.75, 3.05) is 12.5 Å². The molecule has 31 heavy (non-hydrogen) atoms. The number of aromatic nitrogens is 2. The molecule has 2 aromatic carbocycles. The van der Waals surface area contributed by atoms with Crippen LogP contribution < -0.4 is 20.5 Å². The van der Waals surface area contributed by atoms with Gasteiger partial charge >= 0.3 is 0 Å². The standard InChI is InChI=1S/C22H20BrN5O3/c1-13(2)31-20-17(23)9-14(10-18(20)30-3)12-25-28-22-26-19(15-7-5-4-6-8-15)16(11-24)21(29)27-22/h4-10,12-13H,1-3H3,(H2,26,27,28,29). The molecule has 0 aliphatic rings. The smallest absolute Gasteiger partial charge is 0.270 e. The summed E-state index contributed by atoms with van der Waals surface area (Å²) in [6, 6.07) is 14.5. The molecule has 158 valence electrons. The second-order valence-electron chi connectivity index (χ2n) is 6.69. The molecule has 2 N–H and O–H groups in total. The molecule has 0 aliphatic heterocycles. The molecular weight excluding hydrogens is 462 g/mol. The number of nitrogens with one attached hydrogen (secondary N) is 2. The Morgan fingerprint density at radius 2 is 2.03 bits per heavy atom. The minimum absolute atomic E-state index is 0.00975. The van der Waals surface area contributed by atoms with Crippen LogP contribution in [-0.2, 0) is 0 Å². The number of hydrogen-bond donors (Lipinski definition) is 2. The van der Waals surface area contributed by atoms with Gasteiger partial charge in [0.15, 0.2) is 11.5 Å². The van der Waals surface area contributed by atoms with E-state index in [9.17, 15) is 10.1 Å². The Morgan fingerprint density at radius 3 is 2.68 bits per heavy atom. The minimum atomic E-state index is -0.548. The van der Waals surface area contributed by atoms with Crippen molar-refractivity contribution in [3.8, 4) is 28.8 Å². The van der Waals surface area contributed by atoms with E-state index < -0.39 is 5.56 Å². The topological polar surface area (TPSA) is 112 Å². The van der Waals surface area contributed by atoms with Gasteiger partial charge in [-0.15, -0.1) is 0 Å². The first-order valence-corrected chi connectivity index (χ1v) is 10.1. The van der Waals surface area contributed by atoms with E-state index in [1.54, 1.807) is 31.5 Å². The predicted molar refractivity (Wildman–Crippen MR) is 123 cm³/mol. The molecule has 0 unspecified atom stereocenters. The van der Waals surface area contributed by atoms with Gasteiger partial charge in [-0.1, -0.05) is 30.3 Å². The lowest BCUT2D eigenvalue weighted by molar-refractivity contribution is 0.228. The summed E-state index contributed by atoms with van der Waals surface area (Å²) in [5.74, 6) is 1.28. The zero-order valence-electron chi connectivity index (χ0n) is 17.1. The Bertz CT molecular complexity index is 1200. The second-order valence-corrected chi connectivity index (χ2v) is 7.54. The first-order chi connectivity index (χ1) is 14.9. The summed E-state index contributed by atoms with van der Waals surface area (Å²) in [6.45, 7) is 3.86. The van der Waals surface area contributed by atoms with Crippen molar-refractivity contribution < 1.29 is 9.47 Å². The molecule has 1 heterocycles. The van der Waals surface area contributed by atoms with Gasteiger partial charge in [-0.2, -0.15) is 10.4 Å². The van der Waals surface area contributed by atoms with Crippen LogP contribution in [0.5, 0.6) is 11.5 Å². The number of hydrazone groups is 1. The lowest BCUT2D eigenvalue weighted by atomic mass is 10.1. The summed E-state index contributed by atoms with van der Waals surface area (Å²) in [6.07, 6.45) is 1.54. The lowest BCUT2D eigenvalue weighted by Gasteiger charge is -2.15. The van der Waals surface area contributed by atoms with Crippen molar-refractivity contribution in [2.24, 2.45) is 5.10 Å². The van der Waals surface area contributed by atoms with Crippen molar-refractivity contribution in [3.05, 3.63) is 68.4 Å². The molecule has 3 aromatic rings. The van der Waals surface area contributed by atoms with Gasteiger partial charge in [-0.05, 0) is 47.5 Å². The number of methoxy groups -OCH3 is 1. The van der Waals surface area contributed by atoms with Crippen LogP contribution in [0, 0.1) is 11.3 Å². The van der Waals surface area contributed by atoms with Gasteiger partial charge < -0.3 is 9.47 Å². The summed E-state index contributed by atoms with van der Waals surface area (Å²) < 4.78 is 11.9. The van der Waals surface area contributed by atoms with Gasteiger partial charge in [0.1, 0.15) is 11.6 Å². The molecule has 0 saturated carbocycles. The zero-order chi connectivity index (χ0) is 22.4. The number of anilines is 1. The van der Waals surface area contributed by atoms with Gasteiger partial charge in [0.25, 0.3) is 5.56 Å². The molecular formula is C22H20BrN5O3. The fourth-order valence-corrected chi connectivity index (χ4v) is 3.32. The van der Waals surface area contributed by atoms with E-state index in [4.69, 9.17) is 9.47 Å². The van der Waals surface area contributed by atoms with Gasteiger partial charge in [0, 0.05) is 5.56 Å². The molecule has 0 saturated heterocycles. The molecule has 0 aliphatic carbocycles. The van der Waals surface area contributed by atoms with Crippen LogP contribution in [0.3, 0.4) is 0 Å². The van der Waals surface area contributed by atoms with E-state index >= 15 is 0 Å². The molecule has 0 amide bonds. The summed E-state index contributed by atoms with van der Waals surface area (Å²) in [5, 5.41) is 13.5. The number of rotatable bonds is 7. The third-order valence-corrected chi connectivity index (χ3v) is 4.66. The van der Waals surface area contributed by atoms with Crippen LogP contribution >= 0.6 is 15.9 Å². The molecule has 0 bridgehead atoms. The van der Waals surface area contributed by atoms with E-state index in [1.165, 1.54) is 0 Å². The van der Waals surface area contributed by atoms with Crippen molar-refractivity contribution >= 4 is 28.1 Å². The maximum Gasteiger partial charge on any atom is 0.270 e. The number of H-pyrrole nitrogens is 1. The Balaban J connectivity index is 1.88. The third kappa shape index (κ3) is 5.29. The monoisotopic (exact) mass is 481 g/mol. The minimum Gasteiger partial charge on any atom is -0.493 e. The molecule has 8 nitrogen and oxygen atoms in total. The van der Waals surface area contributed by atoms with Crippen LogP contribution in [0.1, 0.15) is 25.0 Å². The highest BCUT2D eigenvalue weighted by molar-refractivity contribution is 9.10. The van der Waals surface area contributed by atoms with Gasteiger partial charge in [0.05, 0.1) is 29.6 Å². The summed E-state index contributed by atoms with van der Waals surface area (Å²) in [5.41, 5.74) is 3.77. The molecule has 0 spiro atoms. The van der Waals surface area contributed by atoms with Gasteiger partial charge in [-0.3, -0.25) is 9.78 Å². The number of halogens is 1. The Hall–Kier alpha value is -3.64. The number of nitriles is 1. The largest absolute Gasteiger partial charge is 0.493 e. The normalized spacial score (nSPS) is 10.8. The number of hydrogen-bond acceptors (Lipinski definition) is 7. The first kappa shape index (κ1) is 22.1. The zero-order valence-corrected chi connectivity index (χ0v) is 18.7. The number of aromatic amines is 1. The molecule has 0 atom stereocenters. The van der Waals surface area contributed by atoms with Gasteiger partial charge in [0.2, 0.25) is 5.95 Å². The van der Waals surface area contributed by atoms with Gasteiger partial charge in [-0.25, -0.2) is 10.4 Å². The summed E-state index contributed by atoms with van der Waals surface area (Å²) in [4.78, 5) is 19.2. The lowest BCUT2D eigenvalue weighted by Crippen LogP contribution is -2.16. The van der Waals surface area contributed by atoms with Crippen molar-refractivity contribution in [3.63, 3.8) is 0 Å². The highest BCUT2D eigenvalue weighted by Gasteiger charge is 2.14. The fourth-order valence-electron chi connectivity index (χ4n) is 2.77. The summed E-state index contributed by atoms with van der Waals surface area (Å²) >= 11 is 3.49. The van der Waals surface area contributed by atoms with E-state index in [2.05, 4.69) is 36.4 Å².